The van der Waals surface area contributed by atoms with Crippen LogP contribution in [0.2, 0.25) is 0 Å². The normalized spacial score (nSPS) is 33.4. The number of ether oxygens (including phenoxy) is 4. The molecule has 6 aliphatic rings. The van der Waals surface area contributed by atoms with Crippen LogP contribution in [0.4, 0.5) is 14.5 Å². The van der Waals surface area contributed by atoms with Gasteiger partial charge in [-0.1, -0.05) is 55.5 Å². The molecule has 1 spiro atoms. The van der Waals surface area contributed by atoms with E-state index in [0.717, 1.165) is 40.1 Å². The van der Waals surface area contributed by atoms with E-state index in [9.17, 15) is 14.7 Å². The third kappa shape index (κ3) is 6.05. The van der Waals surface area contributed by atoms with Crippen molar-refractivity contribution in [2.45, 2.75) is 93.4 Å². The Kier molecular flexibility index (Phi) is 10.5. The van der Waals surface area contributed by atoms with Crippen molar-refractivity contribution >= 4 is 34.5 Å². The van der Waals surface area contributed by atoms with Gasteiger partial charge in [0.1, 0.15) is 11.2 Å². The van der Waals surface area contributed by atoms with E-state index in [2.05, 4.69) is 39.0 Å². The summed E-state index contributed by atoms with van der Waals surface area (Å²) in [5, 5.41) is 14.3. The van der Waals surface area contributed by atoms with E-state index in [4.69, 9.17) is 18.9 Å². The maximum absolute atomic E-state index is 15.6. The van der Waals surface area contributed by atoms with Crippen molar-refractivity contribution in [1.29, 1.82) is 0 Å². The highest BCUT2D eigenvalue weighted by molar-refractivity contribution is 5.96. The van der Waals surface area contributed by atoms with E-state index in [1.165, 1.54) is 21.1 Å². The highest BCUT2D eigenvalue weighted by atomic mass is 19.3. The summed E-state index contributed by atoms with van der Waals surface area (Å²) in [6.45, 7) is 6.72. The van der Waals surface area contributed by atoms with Crippen LogP contribution in [0.1, 0.15) is 68.8 Å². The first kappa shape index (κ1) is 44.5. The van der Waals surface area contributed by atoms with Gasteiger partial charge in [0.2, 0.25) is 11.5 Å². The number of likely N-dealkylation sites (N-methyl/N-ethyl adjacent to an activating group) is 1. The Morgan fingerprint density at radius 2 is 1.70 bits per heavy atom. The zero-order valence-electron chi connectivity index (χ0n) is 38.8. The standard InChI is InChI=1S/C52H60F2N4O8/c1-8-49-18-12-20-58-22-19-50(43(49)58)37-25-38(41(63-5)26-40(37)56(4)44(50)52(62,47(61)65-7)45(49)66-30(2)59)51(46(60)64-6)27-31-23-34(48(3,53)54)29-57(28-31)21-17-35-36-24-33(32-13-10-9-11-14-32)15-16-39(36)55-42(35)51/h9-16,18,24-26,31,34,43-45,55,62H,8,17,19-23,27-29H2,1-7H3/t31-,34+,43-,44+,45+,49+,50+,51-,52-/m0/s1. The van der Waals surface area contributed by atoms with Gasteiger partial charge in [0.15, 0.2) is 6.10 Å². The topological polar surface area (TPSA) is 134 Å². The smallest absolute Gasteiger partial charge is 0.344 e. The molecule has 12 nitrogen and oxygen atoms in total. The molecule has 1 saturated carbocycles. The van der Waals surface area contributed by atoms with Gasteiger partial charge in [0, 0.05) is 96.9 Å². The second-order valence-corrected chi connectivity index (χ2v) is 19.9. The minimum Gasteiger partial charge on any atom is -0.496 e. The quantitative estimate of drug-likeness (QED) is 0.110. The number of aliphatic hydroxyl groups is 1. The Bertz CT molecular complexity index is 2650. The third-order valence-electron chi connectivity index (χ3n) is 16.8. The molecule has 2 bridgehead atoms. The average molecular weight is 907 g/mol. The molecule has 0 unspecified atom stereocenters. The Hall–Kier alpha value is -5.31. The fraction of sp³-hybridized carbons (Fsp3) is 0.519. The summed E-state index contributed by atoms with van der Waals surface area (Å²) in [5.74, 6) is -6.01. The highest BCUT2D eigenvalue weighted by Gasteiger charge is 2.80. The van der Waals surface area contributed by atoms with Crippen LogP contribution in [0.5, 0.6) is 5.75 Å². The Labute approximate surface area is 384 Å². The van der Waals surface area contributed by atoms with E-state index >= 15 is 13.6 Å². The van der Waals surface area contributed by atoms with E-state index in [0.29, 0.717) is 68.1 Å². The van der Waals surface area contributed by atoms with Gasteiger partial charge < -0.3 is 38.8 Å². The van der Waals surface area contributed by atoms with Crippen LogP contribution in [-0.2, 0) is 45.8 Å². The lowest BCUT2D eigenvalue weighted by atomic mass is 9.47. The van der Waals surface area contributed by atoms with Crippen LogP contribution in [0, 0.1) is 17.3 Å². The Morgan fingerprint density at radius 3 is 2.38 bits per heavy atom. The minimum absolute atomic E-state index is 0.132. The molecule has 5 aliphatic heterocycles. The summed E-state index contributed by atoms with van der Waals surface area (Å²) >= 11 is 0. The van der Waals surface area contributed by atoms with Crippen molar-refractivity contribution in [3.63, 3.8) is 0 Å². The van der Waals surface area contributed by atoms with Gasteiger partial charge in [0.05, 0.1) is 27.4 Å². The van der Waals surface area contributed by atoms with Crippen molar-refractivity contribution in [1.82, 2.24) is 14.8 Å². The predicted molar refractivity (Wildman–Crippen MR) is 245 cm³/mol. The summed E-state index contributed by atoms with van der Waals surface area (Å²) < 4.78 is 55.1. The van der Waals surface area contributed by atoms with Crippen LogP contribution >= 0.6 is 0 Å². The second kappa shape index (κ2) is 15.6. The predicted octanol–water partition coefficient (Wildman–Crippen LogP) is 6.79. The number of methoxy groups -OCH3 is 3. The number of nitrogens with zero attached hydrogens (tertiary/aromatic N) is 3. The lowest BCUT2D eigenvalue weighted by Gasteiger charge is -2.63. The summed E-state index contributed by atoms with van der Waals surface area (Å²) in [7, 11) is 5.98. The lowest BCUT2D eigenvalue weighted by molar-refractivity contribution is -0.228. The molecule has 4 aromatic rings. The fourth-order valence-electron chi connectivity index (χ4n) is 14.3. The van der Waals surface area contributed by atoms with E-state index in [-0.39, 0.29) is 31.3 Å². The van der Waals surface area contributed by atoms with E-state index < -0.39 is 63.7 Å². The van der Waals surface area contributed by atoms with Crippen molar-refractivity contribution in [3.8, 4) is 16.9 Å². The largest absolute Gasteiger partial charge is 0.496 e. The molecule has 2 N–H and O–H groups in total. The lowest BCUT2D eigenvalue weighted by Crippen LogP contribution is -2.81. The van der Waals surface area contributed by atoms with Crippen LogP contribution in [0.15, 0.2) is 72.8 Å². The van der Waals surface area contributed by atoms with Crippen molar-refractivity contribution in [2.75, 3.05) is 66.0 Å². The number of rotatable bonds is 8. The highest BCUT2D eigenvalue weighted by Crippen LogP contribution is 2.68. The number of carbonyl (C=O) groups is 3. The number of H-pyrrole nitrogens is 1. The molecule has 3 fully saturated rings. The number of nitrogens with one attached hydrogen (secondary N) is 1. The maximum Gasteiger partial charge on any atom is 0.344 e. The molecular weight excluding hydrogens is 847 g/mol. The van der Waals surface area contributed by atoms with E-state index in [1.807, 2.05) is 67.4 Å². The molecule has 10 atom stereocenters. The molecule has 1 aliphatic carbocycles. The molecule has 3 aromatic carbocycles. The Morgan fingerprint density at radius 1 is 0.939 bits per heavy atom. The van der Waals surface area contributed by atoms with Crippen LogP contribution in [0.25, 0.3) is 22.0 Å². The zero-order chi connectivity index (χ0) is 46.7. The van der Waals surface area contributed by atoms with Crippen molar-refractivity contribution in [2.24, 2.45) is 17.3 Å². The van der Waals surface area contributed by atoms with Gasteiger partial charge >= 0.3 is 17.9 Å². The number of fused-ring (bicyclic) bond motifs is 6. The summed E-state index contributed by atoms with van der Waals surface area (Å²) in [6.07, 6.45) is 4.44. The number of hydrogen-bond donors (Lipinski definition) is 2. The van der Waals surface area contributed by atoms with Gasteiger partial charge in [-0.3, -0.25) is 14.5 Å². The molecule has 0 radical (unpaired) electrons. The van der Waals surface area contributed by atoms with Crippen LogP contribution < -0.4 is 9.64 Å². The molecular formula is C52H60F2N4O8. The van der Waals surface area contributed by atoms with E-state index in [1.54, 1.807) is 7.11 Å². The monoisotopic (exact) mass is 906 g/mol. The molecule has 350 valence electrons. The number of benzene rings is 3. The molecule has 14 heteroatoms. The Balaban J connectivity index is 1.27. The van der Waals surface area contributed by atoms with Crippen LogP contribution in [0.3, 0.4) is 0 Å². The van der Waals surface area contributed by atoms with Crippen molar-refractivity contribution < 1.29 is 47.2 Å². The van der Waals surface area contributed by atoms with Gasteiger partial charge in [-0.2, -0.15) is 0 Å². The molecule has 10 rings (SSSR count). The zero-order valence-corrected chi connectivity index (χ0v) is 38.8. The molecule has 2 saturated heterocycles. The van der Waals surface area contributed by atoms with Crippen molar-refractivity contribution in [3.05, 3.63) is 95.2 Å². The number of alkyl halides is 2. The number of carbonyl (C=O) groups excluding carboxylic acids is 3. The first-order valence-electron chi connectivity index (χ1n) is 23.3. The average Bonchev–Trinajstić information content (AvgIpc) is 3.97. The first-order chi connectivity index (χ1) is 31.5. The summed E-state index contributed by atoms with van der Waals surface area (Å²) in [5.41, 5.74) is 0.330. The molecule has 6 heterocycles. The van der Waals surface area contributed by atoms with Crippen LogP contribution in [-0.4, -0.2) is 129 Å². The number of hydrogen-bond acceptors (Lipinski definition) is 11. The number of aromatic amines is 1. The molecule has 1 aromatic heterocycles. The molecule has 0 amide bonds. The van der Waals surface area contributed by atoms with Gasteiger partial charge in [-0.05, 0) is 91.9 Å². The maximum atomic E-state index is 15.6. The van der Waals surface area contributed by atoms with Gasteiger partial charge in [-0.25, -0.2) is 13.6 Å². The summed E-state index contributed by atoms with van der Waals surface area (Å²) in [6, 6.07) is 18.9. The van der Waals surface area contributed by atoms with Gasteiger partial charge in [-0.15, -0.1) is 0 Å². The second-order valence-electron chi connectivity index (χ2n) is 19.9. The third-order valence-corrected chi connectivity index (χ3v) is 16.8. The number of halogens is 2. The SMILES string of the molecule is CC[C@]12C=CCN3CC[C@@]4(c5cc([C@@]6(C(=O)OC)C[C@@H]7C[C@@H](C(C)(F)F)C[N@](CCc8c6[nH]c6ccc(-c9ccccc9)cc86)C7)c(OC)cc5N(C)[C@H]4[C@@](O)(C(=O)OC)[C@@H]1OC(C)=O)[C@@H]32. The minimum atomic E-state index is -2.95. The number of anilines is 1. The number of aromatic nitrogens is 1. The fourth-order valence-corrected chi connectivity index (χ4v) is 14.3. The summed E-state index contributed by atoms with van der Waals surface area (Å²) in [4.78, 5) is 53.3. The molecule has 66 heavy (non-hydrogen) atoms. The number of piperidine rings is 1. The first-order valence-corrected chi connectivity index (χ1v) is 23.3. The van der Waals surface area contributed by atoms with Gasteiger partial charge in [0.25, 0.3) is 0 Å². The number of esters is 3.